The lowest BCUT2D eigenvalue weighted by Gasteiger charge is -1.96. The van der Waals surface area contributed by atoms with Crippen molar-refractivity contribution in [2.24, 2.45) is 0 Å². The van der Waals surface area contributed by atoms with Crippen molar-refractivity contribution in [3.63, 3.8) is 0 Å². The Morgan fingerprint density at radius 2 is 2.64 bits per heavy atom. The number of rotatable bonds is 4. The lowest BCUT2D eigenvalue weighted by molar-refractivity contribution is 1.06. The second kappa shape index (κ2) is 4.51. The van der Waals surface area contributed by atoms with Crippen LogP contribution in [0.4, 0.5) is 5.13 Å². The van der Waals surface area contributed by atoms with E-state index in [0.29, 0.717) is 0 Å². The molecule has 0 spiro atoms. The zero-order valence-electron chi connectivity index (χ0n) is 6.01. The van der Waals surface area contributed by atoms with Gasteiger partial charge in [0.05, 0.1) is 0 Å². The highest BCUT2D eigenvalue weighted by Gasteiger charge is 1.95. The van der Waals surface area contributed by atoms with Gasteiger partial charge >= 0.3 is 0 Å². The normalized spacial score (nSPS) is 9.55. The Bertz CT molecular complexity index is 234. The highest BCUT2D eigenvalue weighted by molar-refractivity contribution is 9.10. The summed E-state index contributed by atoms with van der Waals surface area (Å²) in [5.74, 6) is 0. The number of hydrogen-bond donors (Lipinski definition) is 1. The lowest BCUT2D eigenvalue weighted by Crippen LogP contribution is -1.98. The third kappa shape index (κ3) is 3.03. The summed E-state index contributed by atoms with van der Waals surface area (Å²) in [6.45, 7) is 4.54. The van der Waals surface area contributed by atoms with Crippen LogP contribution in [-0.2, 0) is 0 Å². The van der Waals surface area contributed by atoms with Gasteiger partial charge in [-0.25, -0.2) is 4.98 Å². The van der Waals surface area contributed by atoms with E-state index in [1.54, 1.807) is 11.3 Å². The van der Waals surface area contributed by atoms with Crippen LogP contribution in [-0.4, -0.2) is 11.5 Å². The van der Waals surface area contributed by atoms with Crippen LogP contribution >= 0.6 is 27.3 Å². The molecule has 1 rings (SSSR count). The van der Waals surface area contributed by atoms with Crippen LogP contribution in [0.25, 0.3) is 0 Å². The number of halogens is 1. The molecule has 0 amide bonds. The van der Waals surface area contributed by atoms with Gasteiger partial charge in [0.1, 0.15) is 4.60 Å². The van der Waals surface area contributed by atoms with Gasteiger partial charge in [0, 0.05) is 11.9 Å². The zero-order chi connectivity index (χ0) is 8.10. The Labute approximate surface area is 78.5 Å². The fourth-order valence-electron chi connectivity index (χ4n) is 0.617. The quantitative estimate of drug-likeness (QED) is 0.638. The molecule has 0 aromatic carbocycles. The number of nitrogens with zero attached hydrogens (tertiary/aromatic N) is 1. The number of hydrogen-bond acceptors (Lipinski definition) is 3. The van der Waals surface area contributed by atoms with E-state index in [4.69, 9.17) is 0 Å². The predicted octanol–water partition coefficient (Wildman–Crippen LogP) is 2.89. The van der Waals surface area contributed by atoms with E-state index in [0.717, 1.165) is 22.7 Å². The van der Waals surface area contributed by atoms with Crippen LogP contribution in [0, 0.1) is 0 Å². The molecule has 0 saturated carbocycles. The Hall–Kier alpha value is -0.350. The first-order chi connectivity index (χ1) is 5.33. The van der Waals surface area contributed by atoms with E-state index < -0.39 is 0 Å². The van der Waals surface area contributed by atoms with Gasteiger partial charge in [0.15, 0.2) is 5.13 Å². The Kier molecular flexibility index (Phi) is 3.59. The molecule has 60 valence electrons. The molecule has 1 aromatic heterocycles. The van der Waals surface area contributed by atoms with Crippen LogP contribution in [0.15, 0.2) is 22.6 Å². The SMILES string of the molecule is C=CCCNc1nc(Br)cs1. The van der Waals surface area contributed by atoms with Gasteiger partial charge in [-0.05, 0) is 22.4 Å². The Balaban J connectivity index is 2.32. The van der Waals surface area contributed by atoms with Gasteiger partial charge in [-0.15, -0.1) is 17.9 Å². The number of thiazole rings is 1. The standard InChI is InChI=1S/C7H9BrN2S/c1-2-3-4-9-7-10-6(8)5-11-7/h2,5H,1,3-4H2,(H,9,10). The van der Waals surface area contributed by atoms with E-state index in [9.17, 15) is 0 Å². The summed E-state index contributed by atoms with van der Waals surface area (Å²) in [6.07, 6.45) is 2.85. The fraction of sp³-hybridized carbons (Fsp3) is 0.286. The molecule has 0 aliphatic rings. The first-order valence-electron chi connectivity index (χ1n) is 3.28. The van der Waals surface area contributed by atoms with E-state index >= 15 is 0 Å². The first kappa shape index (κ1) is 8.74. The average molecular weight is 233 g/mol. The smallest absolute Gasteiger partial charge is 0.183 e. The fourth-order valence-corrected chi connectivity index (χ4v) is 1.79. The summed E-state index contributed by atoms with van der Waals surface area (Å²) >= 11 is 4.88. The van der Waals surface area contributed by atoms with Crippen molar-refractivity contribution in [1.29, 1.82) is 0 Å². The van der Waals surface area contributed by atoms with E-state index in [2.05, 4.69) is 32.8 Å². The lowest BCUT2D eigenvalue weighted by atomic mass is 10.4. The van der Waals surface area contributed by atoms with Gasteiger partial charge in [-0.3, -0.25) is 0 Å². The maximum Gasteiger partial charge on any atom is 0.183 e. The van der Waals surface area contributed by atoms with Gasteiger partial charge in [-0.2, -0.15) is 0 Å². The molecular formula is C7H9BrN2S. The number of nitrogens with one attached hydrogen (secondary N) is 1. The Morgan fingerprint density at radius 3 is 3.18 bits per heavy atom. The van der Waals surface area contributed by atoms with E-state index in [-0.39, 0.29) is 0 Å². The van der Waals surface area contributed by atoms with Crippen LogP contribution in [0.1, 0.15) is 6.42 Å². The minimum Gasteiger partial charge on any atom is -0.361 e. The second-order valence-electron chi connectivity index (χ2n) is 1.98. The minimum atomic E-state index is 0.892. The second-order valence-corrected chi connectivity index (χ2v) is 3.65. The van der Waals surface area contributed by atoms with E-state index in [1.165, 1.54) is 0 Å². The third-order valence-electron chi connectivity index (χ3n) is 1.10. The van der Waals surface area contributed by atoms with Gasteiger partial charge < -0.3 is 5.32 Å². The summed E-state index contributed by atoms with van der Waals surface area (Å²) in [5, 5.41) is 6.08. The molecule has 1 heterocycles. The molecular weight excluding hydrogens is 224 g/mol. The van der Waals surface area contributed by atoms with Gasteiger partial charge in [-0.1, -0.05) is 6.08 Å². The zero-order valence-corrected chi connectivity index (χ0v) is 8.41. The van der Waals surface area contributed by atoms with Crippen LogP contribution in [0.5, 0.6) is 0 Å². The molecule has 2 nitrogen and oxygen atoms in total. The first-order valence-corrected chi connectivity index (χ1v) is 4.96. The largest absolute Gasteiger partial charge is 0.361 e. The molecule has 0 radical (unpaired) electrons. The van der Waals surface area contributed by atoms with Crippen molar-refractivity contribution in [2.45, 2.75) is 6.42 Å². The molecule has 0 aliphatic heterocycles. The van der Waals surface area contributed by atoms with Crippen LogP contribution in [0.2, 0.25) is 0 Å². The van der Waals surface area contributed by atoms with Crippen molar-refractivity contribution in [3.8, 4) is 0 Å². The third-order valence-corrected chi connectivity index (χ3v) is 2.61. The minimum absolute atomic E-state index is 0.892. The molecule has 0 saturated heterocycles. The van der Waals surface area contributed by atoms with Crippen molar-refractivity contribution in [2.75, 3.05) is 11.9 Å². The molecule has 0 aliphatic carbocycles. The van der Waals surface area contributed by atoms with Gasteiger partial charge in [0.25, 0.3) is 0 Å². The Morgan fingerprint density at radius 1 is 1.82 bits per heavy atom. The molecule has 0 unspecified atom stereocenters. The summed E-state index contributed by atoms with van der Waals surface area (Å²) in [7, 11) is 0. The molecule has 1 N–H and O–H groups in total. The molecule has 4 heteroatoms. The van der Waals surface area contributed by atoms with Crippen molar-refractivity contribution >= 4 is 32.4 Å². The highest BCUT2D eigenvalue weighted by Crippen LogP contribution is 2.18. The summed E-state index contributed by atoms with van der Waals surface area (Å²) in [6, 6.07) is 0. The molecule has 0 atom stereocenters. The maximum absolute atomic E-state index is 4.17. The van der Waals surface area contributed by atoms with Crippen molar-refractivity contribution in [1.82, 2.24) is 4.98 Å². The topological polar surface area (TPSA) is 24.9 Å². The molecule has 11 heavy (non-hydrogen) atoms. The van der Waals surface area contributed by atoms with E-state index in [1.807, 2.05) is 11.5 Å². The highest BCUT2D eigenvalue weighted by atomic mass is 79.9. The maximum atomic E-state index is 4.17. The monoisotopic (exact) mass is 232 g/mol. The van der Waals surface area contributed by atoms with Crippen molar-refractivity contribution in [3.05, 3.63) is 22.6 Å². The average Bonchev–Trinajstić information content (AvgIpc) is 2.37. The molecule has 0 fully saturated rings. The molecule has 1 aromatic rings. The van der Waals surface area contributed by atoms with Crippen LogP contribution in [0.3, 0.4) is 0 Å². The van der Waals surface area contributed by atoms with Crippen LogP contribution < -0.4 is 5.32 Å². The summed E-state index contributed by atoms with van der Waals surface area (Å²) in [4.78, 5) is 4.17. The van der Waals surface area contributed by atoms with Gasteiger partial charge in [0.2, 0.25) is 0 Å². The van der Waals surface area contributed by atoms with Crippen molar-refractivity contribution < 1.29 is 0 Å². The summed E-state index contributed by atoms with van der Waals surface area (Å²) < 4.78 is 0.892. The summed E-state index contributed by atoms with van der Waals surface area (Å²) in [5.41, 5.74) is 0. The molecule has 0 bridgehead atoms. The predicted molar refractivity (Wildman–Crippen MR) is 53.1 cm³/mol. The number of anilines is 1. The number of aromatic nitrogens is 1.